The van der Waals surface area contributed by atoms with Crippen LogP contribution in [0.15, 0.2) is 12.1 Å². The maximum absolute atomic E-state index is 13.9. The Labute approximate surface area is 139 Å². The van der Waals surface area contributed by atoms with Crippen molar-refractivity contribution >= 4 is 24.9 Å². The summed E-state index contributed by atoms with van der Waals surface area (Å²) in [5.41, 5.74) is -0.539. The number of hydrogen-bond donors (Lipinski definition) is 2. The molecule has 0 saturated heterocycles. The standard InChI is InChI=1S/C15H19BFNO6/c1-15(2,3)24-14(20)18-11-6-8(17)5-10(13(19)23-4)9(11)7-12(18)16(21)22/h5-6,12,21-22H,7H2,1-4H3. The molecular formula is C15H19BFNO6. The van der Waals surface area contributed by atoms with Crippen LogP contribution in [0, 0.1) is 5.82 Å². The van der Waals surface area contributed by atoms with E-state index in [1.165, 1.54) is 0 Å². The highest BCUT2D eigenvalue weighted by molar-refractivity contribution is 6.45. The van der Waals surface area contributed by atoms with Crippen molar-refractivity contribution in [1.29, 1.82) is 0 Å². The molecule has 0 fully saturated rings. The molecule has 2 N–H and O–H groups in total. The molecular weight excluding hydrogens is 320 g/mol. The minimum atomic E-state index is -1.89. The van der Waals surface area contributed by atoms with E-state index in [-0.39, 0.29) is 17.7 Å². The second-order valence-electron chi connectivity index (χ2n) is 6.48. The van der Waals surface area contributed by atoms with Gasteiger partial charge in [0, 0.05) is 0 Å². The van der Waals surface area contributed by atoms with Crippen LogP contribution in [0.4, 0.5) is 14.9 Å². The maximum Gasteiger partial charge on any atom is 0.476 e. The second kappa shape index (κ2) is 6.41. The highest BCUT2D eigenvalue weighted by Crippen LogP contribution is 2.37. The SMILES string of the molecule is COC(=O)c1cc(F)cc2c1CC(B(O)O)N2C(=O)OC(C)(C)C. The van der Waals surface area contributed by atoms with E-state index in [9.17, 15) is 24.0 Å². The first-order valence-corrected chi connectivity index (χ1v) is 7.34. The molecule has 0 aliphatic carbocycles. The lowest BCUT2D eigenvalue weighted by molar-refractivity contribution is 0.0570. The Morgan fingerprint density at radius 1 is 1.33 bits per heavy atom. The highest BCUT2D eigenvalue weighted by Gasteiger charge is 2.44. The van der Waals surface area contributed by atoms with Crippen LogP contribution in [-0.2, 0) is 15.9 Å². The number of benzene rings is 1. The van der Waals surface area contributed by atoms with Crippen molar-refractivity contribution in [3.8, 4) is 0 Å². The van der Waals surface area contributed by atoms with Gasteiger partial charge in [-0.05, 0) is 44.9 Å². The Bertz CT molecular complexity index is 673. The molecule has 0 radical (unpaired) electrons. The smallest absolute Gasteiger partial charge is 0.465 e. The Morgan fingerprint density at radius 2 is 1.96 bits per heavy atom. The summed E-state index contributed by atoms with van der Waals surface area (Å²) in [6, 6.07) is 2.04. The zero-order valence-electron chi connectivity index (χ0n) is 13.9. The summed E-state index contributed by atoms with van der Waals surface area (Å²) in [4.78, 5) is 25.3. The molecule has 0 aromatic heterocycles. The van der Waals surface area contributed by atoms with Crippen molar-refractivity contribution in [2.24, 2.45) is 0 Å². The van der Waals surface area contributed by atoms with E-state index >= 15 is 0 Å². The van der Waals surface area contributed by atoms with E-state index in [1.54, 1.807) is 20.8 Å². The van der Waals surface area contributed by atoms with Gasteiger partial charge in [-0.15, -0.1) is 0 Å². The quantitative estimate of drug-likeness (QED) is 0.623. The number of anilines is 1. The summed E-state index contributed by atoms with van der Waals surface area (Å²) in [5, 5.41) is 19.2. The number of nitrogens with zero attached hydrogens (tertiary/aromatic N) is 1. The summed E-state index contributed by atoms with van der Waals surface area (Å²) < 4.78 is 23.8. The Balaban J connectivity index is 2.54. The lowest BCUT2D eigenvalue weighted by Gasteiger charge is -2.28. The number of hydrogen-bond acceptors (Lipinski definition) is 6. The molecule has 0 saturated carbocycles. The van der Waals surface area contributed by atoms with Crippen molar-refractivity contribution in [2.75, 3.05) is 12.0 Å². The van der Waals surface area contributed by atoms with Crippen LogP contribution < -0.4 is 4.90 Å². The third kappa shape index (κ3) is 3.52. The minimum Gasteiger partial charge on any atom is -0.465 e. The van der Waals surface area contributed by atoms with E-state index in [0.717, 1.165) is 24.1 Å². The number of carbonyl (C=O) groups is 2. The van der Waals surface area contributed by atoms with Gasteiger partial charge in [-0.25, -0.2) is 14.0 Å². The van der Waals surface area contributed by atoms with Crippen molar-refractivity contribution in [3.63, 3.8) is 0 Å². The largest absolute Gasteiger partial charge is 0.476 e. The molecule has 7 nitrogen and oxygen atoms in total. The maximum atomic E-state index is 13.9. The van der Waals surface area contributed by atoms with E-state index in [4.69, 9.17) is 4.74 Å². The van der Waals surface area contributed by atoms with E-state index in [2.05, 4.69) is 4.74 Å². The van der Waals surface area contributed by atoms with Crippen LogP contribution in [0.5, 0.6) is 0 Å². The van der Waals surface area contributed by atoms with E-state index in [0.29, 0.717) is 5.56 Å². The fraction of sp³-hybridized carbons (Fsp3) is 0.467. The first-order valence-electron chi connectivity index (χ1n) is 7.34. The highest BCUT2D eigenvalue weighted by atomic mass is 19.1. The predicted molar refractivity (Wildman–Crippen MR) is 84.1 cm³/mol. The number of carbonyl (C=O) groups excluding carboxylic acids is 2. The lowest BCUT2D eigenvalue weighted by Crippen LogP contribution is -2.49. The zero-order chi connectivity index (χ0) is 18.2. The van der Waals surface area contributed by atoms with Gasteiger partial charge >= 0.3 is 19.2 Å². The van der Waals surface area contributed by atoms with Crippen LogP contribution in [-0.4, -0.2) is 47.9 Å². The van der Waals surface area contributed by atoms with E-state index in [1.807, 2.05) is 0 Å². The molecule has 1 aliphatic rings. The molecule has 1 aliphatic heterocycles. The average Bonchev–Trinajstić information content (AvgIpc) is 2.83. The van der Waals surface area contributed by atoms with Crippen molar-refractivity contribution in [2.45, 2.75) is 38.7 Å². The molecule has 1 atom stereocenters. The molecule has 9 heteroatoms. The summed E-state index contributed by atoms with van der Waals surface area (Å²) in [6.07, 6.45) is -0.905. The van der Waals surface area contributed by atoms with Crippen LogP contribution in [0.2, 0.25) is 0 Å². The molecule has 1 amide bonds. The second-order valence-corrected chi connectivity index (χ2v) is 6.48. The van der Waals surface area contributed by atoms with Gasteiger partial charge in [0.05, 0.1) is 24.3 Å². The van der Waals surface area contributed by atoms with Crippen LogP contribution in [0.25, 0.3) is 0 Å². The number of ether oxygens (including phenoxy) is 2. The number of rotatable bonds is 2. The molecule has 1 aromatic rings. The van der Waals surface area contributed by atoms with Gasteiger partial charge in [0.1, 0.15) is 11.4 Å². The number of amides is 1. The fourth-order valence-electron chi connectivity index (χ4n) is 2.61. The number of esters is 1. The molecule has 130 valence electrons. The summed E-state index contributed by atoms with van der Waals surface area (Å²) >= 11 is 0. The molecule has 0 bridgehead atoms. The summed E-state index contributed by atoms with van der Waals surface area (Å²) in [6.45, 7) is 4.95. The number of methoxy groups -OCH3 is 1. The topological polar surface area (TPSA) is 96.3 Å². The summed E-state index contributed by atoms with van der Waals surface area (Å²) in [5.74, 6) is -2.63. The molecule has 2 rings (SSSR count). The monoisotopic (exact) mass is 339 g/mol. The zero-order valence-corrected chi connectivity index (χ0v) is 13.9. The van der Waals surface area contributed by atoms with Gasteiger partial charge in [-0.1, -0.05) is 0 Å². The first-order chi connectivity index (χ1) is 11.0. The molecule has 1 aromatic carbocycles. The lowest BCUT2D eigenvalue weighted by atomic mass is 9.77. The van der Waals surface area contributed by atoms with Crippen LogP contribution in [0.1, 0.15) is 36.7 Å². The van der Waals surface area contributed by atoms with Crippen LogP contribution >= 0.6 is 0 Å². The Hall–Kier alpha value is -2.13. The minimum absolute atomic E-state index is 0.0447. The van der Waals surface area contributed by atoms with Gasteiger partial charge < -0.3 is 19.5 Å². The molecule has 0 spiro atoms. The van der Waals surface area contributed by atoms with Crippen molar-refractivity contribution in [1.82, 2.24) is 0 Å². The molecule has 1 unspecified atom stereocenters. The van der Waals surface area contributed by atoms with Gasteiger partial charge in [0.15, 0.2) is 0 Å². The number of fused-ring (bicyclic) bond motifs is 1. The third-order valence-electron chi connectivity index (χ3n) is 3.54. The first kappa shape index (κ1) is 18.2. The van der Waals surface area contributed by atoms with Gasteiger partial charge in [-0.2, -0.15) is 0 Å². The van der Waals surface area contributed by atoms with Gasteiger partial charge in [0.2, 0.25) is 0 Å². The predicted octanol–water partition coefficient (Wildman–Crippen LogP) is 1.29. The third-order valence-corrected chi connectivity index (χ3v) is 3.54. The van der Waals surface area contributed by atoms with Crippen molar-refractivity contribution in [3.05, 3.63) is 29.1 Å². The summed E-state index contributed by atoms with van der Waals surface area (Å²) in [7, 11) is -0.739. The average molecular weight is 339 g/mol. The van der Waals surface area contributed by atoms with Crippen molar-refractivity contribution < 1.29 is 33.5 Å². The molecule has 24 heavy (non-hydrogen) atoms. The van der Waals surface area contributed by atoms with E-state index < -0.39 is 36.5 Å². The Morgan fingerprint density at radius 3 is 2.46 bits per heavy atom. The van der Waals surface area contributed by atoms with Crippen LogP contribution in [0.3, 0.4) is 0 Å². The Kier molecular flexibility index (Phi) is 4.86. The van der Waals surface area contributed by atoms with Gasteiger partial charge in [-0.3, -0.25) is 4.90 Å². The molecule has 1 heterocycles. The normalized spacial score (nSPS) is 16.6. The fourth-order valence-corrected chi connectivity index (χ4v) is 2.61. The number of halogens is 1. The van der Waals surface area contributed by atoms with Gasteiger partial charge in [0.25, 0.3) is 0 Å².